The molecule has 8 nitrogen and oxygen atoms in total. The normalized spacial score (nSPS) is 27.2. The molecule has 0 fully saturated rings. The molecule has 1 aliphatic rings. The van der Waals surface area contributed by atoms with Crippen LogP contribution < -0.4 is 0 Å². The number of hydrogen-bond acceptors (Lipinski definition) is 4. The lowest BCUT2D eigenvalue weighted by molar-refractivity contribution is -0.154. The van der Waals surface area contributed by atoms with Crippen LogP contribution in [0, 0.1) is 11.8 Å². The first-order valence-corrected chi connectivity index (χ1v) is 5.90. The second kappa shape index (κ2) is 6.18. The van der Waals surface area contributed by atoms with Crippen LogP contribution >= 0.6 is 0 Å². The number of carbonyl (C=O) groups is 4. The van der Waals surface area contributed by atoms with E-state index in [1.54, 1.807) is 0 Å². The van der Waals surface area contributed by atoms with Crippen molar-refractivity contribution in [3.63, 3.8) is 0 Å². The van der Waals surface area contributed by atoms with Crippen molar-refractivity contribution in [3.8, 4) is 0 Å². The highest BCUT2D eigenvalue weighted by molar-refractivity contribution is 5.99. The minimum Gasteiger partial charge on any atom is -0.481 e. The molecule has 0 aromatic rings. The minimum atomic E-state index is -1.42. The number of carboxylic acid groups (broad SMARTS) is 4. The molecule has 0 aliphatic heterocycles. The number of carboxylic acids is 4. The van der Waals surface area contributed by atoms with Gasteiger partial charge in [-0.25, -0.2) is 9.59 Å². The lowest BCUT2D eigenvalue weighted by Gasteiger charge is -2.23. The van der Waals surface area contributed by atoms with Gasteiger partial charge < -0.3 is 20.4 Å². The Labute approximate surface area is 113 Å². The average Bonchev–Trinajstić information content (AvgIpc) is 2.26. The summed E-state index contributed by atoms with van der Waals surface area (Å²) in [5.41, 5.74) is -0.708. The molecule has 1 rings (SSSR count). The van der Waals surface area contributed by atoms with Crippen LogP contribution in [0.15, 0.2) is 11.1 Å². The molecule has 8 heteroatoms. The summed E-state index contributed by atoms with van der Waals surface area (Å²) >= 11 is 0. The highest BCUT2D eigenvalue weighted by Gasteiger charge is 2.37. The van der Waals surface area contributed by atoms with Crippen LogP contribution in [-0.2, 0) is 19.2 Å². The molecule has 0 spiro atoms. The highest BCUT2D eigenvalue weighted by atomic mass is 16.4. The molecule has 0 bridgehead atoms. The van der Waals surface area contributed by atoms with E-state index in [0.29, 0.717) is 0 Å². The molecule has 0 heterocycles. The van der Waals surface area contributed by atoms with Crippen LogP contribution in [0.3, 0.4) is 0 Å². The van der Waals surface area contributed by atoms with E-state index in [4.69, 9.17) is 20.4 Å². The summed E-state index contributed by atoms with van der Waals surface area (Å²) in [5, 5.41) is 36.0. The molecule has 2 unspecified atom stereocenters. The summed E-state index contributed by atoms with van der Waals surface area (Å²) in [4.78, 5) is 44.2. The van der Waals surface area contributed by atoms with Gasteiger partial charge in [-0.1, -0.05) is 0 Å². The molecule has 4 N–H and O–H groups in total. The van der Waals surface area contributed by atoms with Crippen molar-refractivity contribution in [1.29, 1.82) is 0 Å². The topological polar surface area (TPSA) is 149 Å². The molecular weight excluding hydrogens is 272 g/mol. The third-order valence-electron chi connectivity index (χ3n) is 3.41. The van der Waals surface area contributed by atoms with Gasteiger partial charge in [0.1, 0.15) is 0 Å². The molecule has 110 valence electrons. The quantitative estimate of drug-likeness (QED) is 0.581. The van der Waals surface area contributed by atoms with Crippen LogP contribution in [0.1, 0.15) is 25.7 Å². The Hall–Kier alpha value is -2.38. The van der Waals surface area contributed by atoms with Crippen molar-refractivity contribution in [2.24, 2.45) is 11.8 Å². The van der Waals surface area contributed by atoms with Crippen LogP contribution in [0.25, 0.3) is 0 Å². The Morgan fingerprint density at radius 2 is 1.00 bits per heavy atom. The van der Waals surface area contributed by atoms with Crippen LogP contribution in [0.2, 0.25) is 0 Å². The lowest BCUT2D eigenvalue weighted by atomic mass is 9.79. The van der Waals surface area contributed by atoms with Gasteiger partial charge in [-0.05, 0) is 25.7 Å². The Kier molecular flexibility index (Phi) is 4.84. The Morgan fingerprint density at radius 3 is 1.20 bits per heavy atom. The van der Waals surface area contributed by atoms with Crippen LogP contribution in [-0.4, -0.2) is 44.3 Å². The predicted octanol–water partition coefficient (Wildman–Crippen LogP) is 0.428. The van der Waals surface area contributed by atoms with Crippen molar-refractivity contribution in [3.05, 3.63) is 11.1 Å². The van der Waals surface area contributed by atoms with Gasteiger partial charge in [0.15, 0.2) is 0 Å². The van der Waals surface area contributed by atoms with Gasteiger partial charge in [0.05, 0.1) is 11.8 Å². The molecule has 2 atom stereocenters. The zero-order valence-electron chi connectivity index (χ0n) is 10.4. The van der Waals surface area contributed by atoms with Gasteiger partial charge in [-0.3, -0.25) is 9.59 Å². The third-order valence-corrected chi connectivity index (χ3v) is 3.41. The van der Waals surface area contributed by atoms with Gasteiger partial charge in [0.2, 0.25) is 0 Å². The Morgan fingerprint density at radius 1 is 0.700 bits per heavy atom. The monoisotopic (exact) mass is 286 g/mol. The van der Waals surface area contributed by atoms with E-state index in [9.17, 15) is 19.2 Å². The minimum absolute atomic E-state index is 0.218. The van der Waals surface area contributed by atoms with Crippen LogP contribution in [0.4, 0.5) is 0 Å². The molecule has 0 amide bonds. The lowest BCUT2D eigenvalue weighted by Crippen LogP contribution is -2.32. The largest absolute Gasteiger partial charge is 0.481 e. The van der Waals surface area contributed by atoms with E-state index in [-0.39, 0.29) is 36.8 Å². The molecule has 0 saturated heterocycles. The predicted molar refractivity (Wildman–Crippen MR) is 63.0 cm³/mol. The summed E-state index contributed by atoms with van der Waals surface area (Å²) in [5.74, 6) is -7.92. The summed E-state index contributed by atoms with van der Waals surface area (Å²) in [6, 6.07) is 0. The fourth-order valence-corrected chi connectivity index (χ4v) is 2.37. The molecule has 0 aromatic carbocycles. The van der Waals surface area contributed by atoms with Gasteiger partial charge in [-0.2, -0.15) is 0 Å². The van der Waals surface area contributed by atoms with E-state index >= 15 is 0 Å². The van der Waals surface area contributed by atoms with Gasteiger partial charge in [0.25, 0.3) is 0 Å². The molecule has 0 saturated carbocycles. The fraction of sp³-hybridized carbons (Fsp3) is 0.500. The van der Waals surface area contributed by atoms with Crippen molar-refractivity contribution in [1.82, 2.24) is 0 Å². The van der Waals surface area contributed by atoms with E-state index in [1.807, 2.05) is 0 Å². The number of aliphatic carboxylic acids is 4. The molecular formula is C12H14O8. The van der Waals surface area contributed by atoms with E-state index in [1.165, 1.54) is 0 Å². The standard InChI is InChI=1S/C12H14O8/c13-9(14)5-1-2-6(10(15)16)8(12(19)20)4-3-7(5)11(17)18/h5,7H,1-4H2,(H,13,14)(H,15,16)(H,17,18)(H,19,20)/b8-6-. The first kappa shape index (κ1) is 15.7. The molecule has 1 aliphatic carbocycles. The Balaban J connectivity index is 3.18. The van der Waals surface area contributed by atoms with Gasteiger partial charge >= 0.3 is 23.9 Å². The summed E-state index contributed by atoms with van der Waals surface area (Å²) in [7, 11) is 0. The highest BCUT2D eigenvalue weighted by Crippen LogP contribution is 2.31. The maximum absolute atomic E-state index is 11.1. The van der Waals surface area contributed by atoms with E-state index in [0.717, 1.165) is 0 Å². The number of rotatable bonds is 4. The maximum atomic E-state index is 11.1. The third kappa shape index (κ3) is 3.34. The second-order valence-corrected chi connectivity index (χ2v) is 4.53. The van der Waals surface area contributed by atoms with Crippen LogP contribution in [0.5, 0.6) is 0 Å². The molecule has 20 heavy (non-hydrogen) atoms. The van der Waals surface area contributed by atoms with E-state index < -0.39 is 35.7 Å². The van der Waals surface area contributed by atoms with Gasteiger partial charge in [-0.15, -0.1) is 0 Å². The molecule has 0 aromatic heterocycles. The second-order valence-electron chi connectivity index (χ2n) is 4.53. The van der Waals surface area contributed by atoms with Gasteiger partial charge in [0, 0.05) is 11.1 Å². The summed E-state index contributed by atoms with van der Waals surface area (Å²) in [6.07, 6.45) is -0.995. The van der Waals surface area contributed by atoms with Crippen molar-refractivity contribution in [2.45, 2.75) is 25.7 Å². The van der Waals surface area contributed by atoms with Crippen molar-refractivity contribution >= 4 is 23.9 Å². The average molecular weight is 286 g/mol. The fourth-order valence-electron chi connectivity index (χ4n) is 2.37. The first-order valence-electron chi connectivity index (χ1n) is 5.90. The SMILES string of the molecule is O=C(O)/C1=C(\C(=O)O)CCC(C(=O)O)C(C(=O)O)CC1. The summed E-state index contributed by atoms with van der Waals surface area (Å²) < 4.78 is 0. The molecule has 0 radical (unpaired) electrons. The Bertz CT molecular complexity index is 446. The smallest absolute Gasteiger partial charge is 0.332 e. The van der Waals surface area contributed by atoms with Crippen molar-refractivity contribution in [2.75, 3.05) is 0 Å². The number of hydrogen-bond donors (Lipinski definition) is 4. The zero-order valence-corrected chi connectivity index (χ0v) is 10.4. The zero-order chi connectivity index (χ0) is 15.4. The maximum Gasteiger partial charge on any atom is 0.332 e. The first-order chi connectivity index (χ1) is 9.25. The van der Waals surface area contributed by atoms with Crippen molar-refractivity contribution < 1.29 is 39.6 Å². The summed E-state index contributed by atoms with van der Waals surface area (Å²) in [6.45, 7) is 0. The van der Waals surface area contributed by atoms with E-state index in [2.05, 4.69) is 0 Å².